The number of hydrogen-bond acceptors (Lipinski definition) is 5. The normalized spacial score (nSPS) is 16.1. The van der Waals surface area contributed by atoms with Crippen molar-refractivity contribution in [1.82, 2.24) is 15.2 Å². The van der Waals surface area contributed by atoms with Gasteiger partial charge in [0, 0.05) is 18.3 Å². The number of rotatable bonds is 7. The van der Waals surface area contributed by atoms with Gasteiger partial charge in [0.05, 0.1) is 23.7 Å². The summed E-state index contributed by atoms with van der Waals surface area (Å²) in [6, 6.07) is 14.2. The highest BCUT2D eigenvalue weighted by Crippen LogP contribution is 2.31. The zero-order valence-corrected chi connectivity index (χ0v) is 18.3. The summed E-state index contributed by atoms with van der Waals surface area (Å²) in [5.41, 5.74) is 1.52. The fourth-order valence-electron chi connectivity index (χ4n) is 4.10. The molecule has 1 fully saturated rings. The van der Waals surface area contributed by atoms with Gasteiger partial charge in [0.15, 0.2) is 0 Å². The first-order valence-electron chi connectivity index (χ1n) is 10.4. The Bertz CT molecular complexity index is 989. The molecule has 1 aromatic carbocycles. The Morgan fingerprint density at radius 1 is 1.26 bits per heavy atom. The van der Waals surface area contributed by atoms with Crippen LogP contribution in [0, 0.1) is 11.7 Å². The second kappa shape index (κ2) is 10.0. The number of aromatic nitrogens is 1. The maximum absolute atomic E-state index is 14.2. The van der Waals surface area contributed by atoms with Gasteiger partial charge in [-0.3, -0.25) is 14.7 Å². The first-order chi connectivity index (χ1) is 15.1. The topological polar surface area (TPSA) is 54.5 Å². The molecule has 0 spiro atoms. The van der Waals surface area contributed by atoms with Gasteiger partial charge >= 0.3 is 0 Å². The van der Waals surface area contributed by atoms with Gasteiger partial charge in [0.2, 0.25) is 0 Å². The van der Waals surface area contributed by atoms with Gasteiger partial charge in [0.25, 0.3) is 5.91 Å². The van der Waals surface area contributed by atoms with Crippen LogP contribution >= 0.6 is 11.3 Å². The summed E-state index contributed by atoms with van der Waals surface area (Å²) >= 11 is 1.43. The highest BCUT2D eigenvalue weighted by atomic mass is 32.1. The van der Waals surface area contributed by atoms with E-state index in [0.717, 1.165) is 31.6 Å². The summed E-state index contributed by atoms with van der Waals surface area (Å²) in [5, 5.41) is 5.11. The van der Waals surface area contributed by atoms with E-state index in [9.17, 15) is 9.18 Å². The van der Waals surface area contributed by atoms with Crippen LogP contribution in [-0.4, -0.2) is 36.0 Å². The molecule has 1 atom stereocenters. The third-order valence-corrected chi connectivity index (χ3v) is 6.66. The van der Waals surface area contributed by atoms with Crippen LogP contribution in [0.5, 0.6) is 5.75 Å². The summed E-state index contributed by atoms with van der Waals surface area (Å²) in [6.45, 7) is 2.21. The molecular formula is C24H26FN3O2S. The molecule has 1 N–H and O–H groups in total. The number of ether oxygens (including phenoxy) is 1. The van der Waals surface area contributed by atoms with Crippen molar-refractivity contribution in [2.45, 2.75) is 25.4 Å². The molecule has 0 bridgehead atoms. The SMILES string of the molecule is COc1ccc(F)c(CN2CCC([C@H](NC(=O)c3cccs3)c3ccccn3)CC2)c1. The average molecular weight is 440 g/mol. The van der Waals surface area contributed by atoms with Crippen LogP contribution in [0.1, 0.15) is 39.8 Å². The molecule has 31 heavy (non-hydrogen) atoms. The second-order valence-electron chi connectivity index (χ2n) is 7.75. The van der Waals surface area contributed by atoms with Crippen molar-refractivity contribution in [2.75, 3.05) is 20.2 Å². The Hall–Kier alpha value is -2.77. The molecule has 1 amide bonds. The monoisotopic (exact) mass is 439 g/mol. The Balaban J connectivity index is 1.43. The largest absolute Gasteiger partial charge is 0.497 e. The molecule has 4 rings (SSSR count). The second-order valence-corrected chi connectivity index (χ2v) is 8.70. The van der Waals surface area contributed by atoms with E-state index < -0.39 is 0 Å². The third kappa shape index (κ3) is 5.29. The molecule has 3 aromatic rings. The van der Waals surface area contributed by atoms with Gasteiger partial charge in [0.1, 0.15) is 11.6 Å². The van der Waals surface area contributed by atoms with Crippen LogP contribution in [0.4, 0.5) is 4.39 Å². The minimum Gasteiger partial charge on any atom is -0.497 e. The van der Waals surface area contributed by atoms with Crippen LogP contribution in [-0.2, 0) is 6.54 Å². The molecule has 0 saturated carbocycles. The van der Waals surface area contributed by atoms with Crippen molar-refractivity contribution in [1.29, 1.82) is 0 Å². The smallest absolute Gasteiger partial charge is 0.261 e. The highest BCUT2D eigenvalue weighted by Gasteiger charge is 2.30. The maximum atomic E-state index is 14.2. The number of hydrogen-bond donors (Lipinski definition) is 1. The van der Waals surface area contributed by atoms with Gasteiger partial charge in [-0.2, -0.15) is 0 Å². The fraction of sp³-hybridized carbons (Fsp3) is 0.333. The fourth-order valence-corrected chi connectivity index (χ4v) is 4.72. The maximum Gasteiger partial charge on any atom is 0.261 e. The summed E-state index contributed by atoms with van der Waals surface area (Å²) in [7, 11) is 1.59. The number of carbonyl (C=O) groups excluding carboxylic acids is 1. The molecule has 7 heteroatoms. The summed E-state index contributed by atoms with van der Waals surface area (Å²) in [6.07, 6.45) is 3.56. The molecule has 1 saturated heterocycles. The molecule has 0 unspecified atom stereocenters. The van der Waals surface area contributed by atoms with Crippen molar-refractivity contribution in [3.8, 4) is 5.75 Å². The zero-order chi connectivity index (χ0) is 21.6. The lowest BCUT2D eigenvalue weighted by molar-refractivity contribution is 0.0892. The van der Waals surface area contributed by atoms with Gasteiger partial charge < -0.3 is 10.1 Å². The Morgan fingerprint density at radius 2 is 2.10 bits per heavy atom. The number of amides is 1. The van der Waals surface area contributed by atoms with E-state index in [1.807, 2.05) is 35.7 Å². The van der Waals surface area contributed by atoms with Crippen molar-refractivity contribution in [2.24, 2.45) is 5.92 Å². The number of thiophene rings is 1. The molecule has 1 aliphatic rings. The molecule has 0 radical (unpaired) electrons. The average Bonchev–Trinajstić information content (AvgIpc) is 3.35. The molecule has 1 aliphatic heterocycles. The van der Waals surface area contributed by atoms with Gasteiger partial charge in [-0.15, -0.1) is 11.3 Å². The van der Waals surface area contributed by atoms with Crippen LogP contribution in [0.25, 0.3) is 0 Å². The van der Waals surface area contributed by atoms with E-state index in [-0.39, 0.29) is 23.7 Å². The highest BCUT2D eigenvalue weighted by molar-refractivity contribution is 7.12. The first kappa shape index (κ1) is 21.5. The molecule has 5 nitrogen and oxygen atoms in total. The lowest BCUT2D eigenvalue weighted by atomic mass is 9.87. The number of pyridine rings is 1. The summed E-state index contributed by atoms with van der Waals surface area (Å²) in [4.78, 5) is 20.2. The Labute approximate surface area is 185 Å². The number of carbonyl (C=O) groups is 1. The summed E-state index contributed by atoms with van der Waals surface area (Å²) < 4.78 is 19.5. The molecule has 2 aromatic heterocycles. The first-order valence-corrected chi connectivity index (χ1v) is 11.3. The molecular weight excluding hydrogens is 413 g/mol. The summed E-state index contributed by atoms with van der Waals surface area (Å²) in [5.74, 6) is 0.659. The van der Waals surface area contributed by atoms with E-state index in [1.165, 1.54) is 17.4 Å². The number of piperidine rings is 1. The number of benzene rings is 1. The van der Waals surface area contributed by atoms with E-state index in [2.05, 4.69) is 15.2 Å². The molecule has 3 heterocycles. The third-order valence-electron chi connectivity index (χ3n) is 5.79. The standard InChI is InChI=1S/C24H26FN3O2S/c1-30-19-7-8-20(25)18(15-19)16-28-12-9-17(10-13-28)23(21-5-2-3-11-26-21)27-24(29)22-6-4-14-31-22/h2-8,11,14-15,17,23H,9-10,12-13,16H2,1H3,(H,27,29)/t23-/m0/s1. The van der Waals surface area contributed by atoms with Crippen LogP contribution in [0.15, 0.2) is 60.1 Å². The van der Waals surface area contributed by atoms with Gasteiger partial charge in [-0.25, -0.2) is 4.39 Å². The number of halogens is 1. The lowest BCUT2D eigenvalue weighted by Gasteiger charge is -2.36. The minimum atomic E-state index is -0.211. The zero-order valence-electron chi connectivity index (χ0n) is 17.5. The Kier molecular flexibility index (Phi) is 6.94. The van der Waals surface area contributed by atoms with Crippen molar-refractivity contribution < 1.29 is 13.9 Å². The van der Waals surface area contributed by atoms with E-state index >= 15 is 0 Å². The van der Waals surface area contributed by atoms with Crippen LogP contribution < -0.4 is 10.1 Å². The van der Waals surface area contributed by atoms with Crippen molar-refractivity contribution >= 4 is 17.2 Å². The number of likely N-dealkylation sites (tertiary alicyclic amines) is 1. The number of nitrogens with one attached hydrogen (secondary N) is 1. The quantitative estimate of drug-likeness (QED) is 0.581. The van der Waals surface area contributed by atoms with E-state index in [0.29, 0.717) is 22.7 Å². The lowest BCUT2D eigenvalue weighted by Crippen LogP contribution is -2.40. The van der Waals surface area contributed by atoms with Crippen LogP contribution in [0.2, 0.25) is 0 Å². The van der Waals surface area contributed by atoms with Crippen molar-refractivity contribution in [3.63, 3.8) is 0 Å². The van der Waals surface area contributed by atoms with Crippen molar-refractivity contribution in [3.05, 3.63) is 82.1 Å². The predicted octanol–water partition coefficient (Wildman–Crippen LogP) is 4.67. The van der Waals surface area contributed by atoms with E-state index in [4.69, 9.17) is 4.74 Å². The molecule has 162 valence electrons. The van der Waals surface area contributed by atoms with Gasteiger partial charge in [-0.1, -0.05) is 12.1 Å². The van der Waals surface area contributed by atoms with E-state index in [1.54, 1.807) is 25.4 Å². The number of methoxy groups -OCH3 is 1. The van der Waals surface area contributed by atoms with Crippen LogP contribution in [0.3, 0.4) is 0 Å². The minimum absolute atomic E-state index is 0.0634. The number of nitrogens with zero attached hydrogens (tertiary/aromatic N) is 2. The molecule has 0 aliphatic carbocycles. The predicted molar refractivity (Wildman–Crippen MR) is 120 cm³/mol. The Morgan fingerprint density at radius 3 is 2.77 bits per heavy atom. The van der Waals surface area contributed by atoms with Gasteiger partial charge in [-0.05, 0) is 73.6 Å².